The van der Waals surface area contributed by atoms with Crippen molar-refractivity contribution >= 4 is 11.9 Å². The van der Waals surface area contributed by atoms with Gasteiger partial charge in [0.2, 0.25) is 0 Å². The summed E-state index contributed by atoms with van der Waals surface area (Å²) in [6.45, 7) is 10.5. The lowest BCUT2D eigenvalue weighted by Crippen LogP contribution is -2.36. The Morgan fingerprint density at radius 2 is 1.95 bits per heavy atom. The highest BCUT2D eigenvalue weighted by Crippen LogP contribution is 2.34. The topological polar surface area (TPSA) is 30.3 Å². The minimum absolute atomic E-state index is 0.119. The second-order valence-electron chi connectivity index (χ2n) is 6.11. The highest BCUT2D eigenvalue weighted by Gasteiger charge is 2.41. The fourth-order valence-corrected chi connectivity index (χ4v) is 3.63. The zero-order chi connectivity index (χ0) is 14.1. The predicted molar refractivity (Wildman–Crippen MR) is 84.7 cm³/mol. The number of anilines is 1. The molecule has 3 unspecified atom stereocenters. The van der Waals surface area contributed by atoms with Crippen LogP contribution in [0.15, 0.2) is 36.9 Å². The Bertz CT molecular complexity index is 489. The van der Waals surface area contributed by atoms with E-state index in [1.54, 1.807) is 0 Å². The zero-order valence-corrected chi connectivity index (χ0v) is 12.1. The molecule has 2 aliphatic heterocycles. The van der Waals surface area contributed by atoms with Gasteiger partial charge in [0.1, 0.15) is 0 Å². The van der Waals surface area contributed by atoms with Crippen molar-refractivity contribution in [1.29, 1.82) is 5.41 Å². The molecule has 2 heterocycles. The molecular weight excluding hydrogens is 246 g/mol. The first-order valence-electron chi connectivity index (χ1n) is 7.40. The molecule has 0 bridgehead atoms. The SMILES string of the molecule is C=CC(C=N)N1CC2CN(c3cccc(C)c3)CC2C1. The normalized spacial score (nSPS) is 27.4. The second-order valence-corrected chi connectivity index (χ2v) is 6.11. The quantitative estimate of drug-likeness (QED) is 0.672. The van der Waals surface area contributed by atoms with E-state index >= 15 is 0 Å². The van der Waals surface area contributed by atoms with Crippen molar-refractivity contribution in [3.8, 4) is 0 Å². The summed E-state index contributed by atoms with van der Waals surface area (Å²) in [6, 6.07) is 8.92. The molecule has 0 aliphatic carbocycles. The maximum atomic E-state index is 7.48. The maximum Gasteiger partial charge on any atom is 0.0626 e. The smallest absolute Gasteiger partial charge is 0.0626 e. The second kappa shape index (κ2) is 5.41. The molecule has 2 saturated heterocycles. The van der Waals surface area contributed by atoms with Crippen LogP contribution in [-0.4, -0.2) is 43.3 Å². The molecule has 1 N–H and O–H groups in total. The molecular formula is C17H23N3. The average Bonchev–Trinajstić information content (AvgIpc) is 2.98. The predicted octanol–water partition coefficient (Wildman–Crippen LogP) is 2.57. The molecule has 0 saturated carbocycles. The van der Waals surface area contributed by atoms with Gasteiger partial charge in [0.15, 0.2) is 0 Å². The molecule has 106 valence electrons. The van der Waals surface area contributed by atoms with Crippen LogP contribution in [0, 0.1) is 24.2 Å². The Balaban J connectivity index is 1.66. The lowest BCUT2D eigenvalue weighted by Gasteiger charge is -2.25. The monoisotopic (exact) mass is 269 g/mol. The number of aryl methyl sites for hydroxylation is 1. The number of fused-ring (bicyclic) bond motifs is 1. The van der Waals surface area contributed by atoms with E-state index in [9.17, 15) is 0 Å². The fraction of sp³-hybridized carbons (Fsp3) is 0.471. The van der Waals surface area contributed by atoms with Gasteiger partial charge in [-0.05, 0) is 36.5 Å². The third-order valence-corrected chi connectivity index (χ3v) is 4.72. The Labute approximate surface area is 121 Å². The van der Waals surface area contributed by atoms with Gasteiger partial charge >= 0.3 is 0 Å². The number of benzene rings is 1. The van der Waals surface area contributed by atoms with Crippen LogP contribution < -0.4 is 4.90 Å². The zero-order valence-electron chi connectivity index (χ0n) is 12.1. The molecule has 3 heteroatoms. The van der Waals surface area contributed by atoms with Crippen molar-refractivity contribution < 1.29 is 0 Å². The first kappa shape index (κ1) is 13.4. The summed E-state index contributed by atoms with van der Waals surface area (Å²) in [5, 5.41) is 7.48. The van der Waals surface area contributed by atoms with Crippen molar-refractivity contribution in [2.75, 3.05) is 31.1 Å². The van der Waals surface area contributed by atoms with Gasteiger partial charge in [0.05, 0.1) is 6.04 Å². The summed E-state index contributed by atoms with van der Waals surface area (Å²) in [5.74, 6) is 1.47. The maximum absolute atomic E-state index is 7.48. The average molecular weight is 269 g/mol. The number of hydrogen-bond donors (Lipinski definition) is 1. The van der Waals surface area contributed by atoms with Crippen LogP contribution >= 0.6 is 0 Å². The first-order valence-corrected chi connectivity index (χ1v) is 7.40. The van der Waals surface area contributed by atoms with E-state index < -0.39 is 0 Å². The summed E-state index contributed by atoms with van der Waals surface area (Å²) in [4.78, 5) is 4.91. The molecule has 0 radical (unpaired) electrons. The summed E-state index contributed by atoms with van der Waals surface area (Å²) >= 11 is 0. The van der Waals surface area contributed by atoms with E-state index in [0.29, 0.717) is 0 Å². The molecule has 2 fully saturated rings. The van der Waals surface area contributed by atoms with Gasteiger partial charge in [0, 0.05) is 38.1 Å². The summed E-state index contributed by atoms with van der Waals surface area (Å²) < 4.78 is 0. The number of hydrogen-bond acceptors (Lipinski definition) is 3. The standard InChI is InChI=1S/C17H23N3/c1-3-16(8-18)19-9-14-11-20(12-15(14)10-19)17-6-4-5-13(2)7-17/h3-8,14-16,18H,1,9-12H2,2H3. The number of rotatable bonds is 4. The highest BCUT2D eigenvalue weighted by atomic mass is 15.2. The van der Waals surface area contributed by atoms with Gasteiger partial charge in [-0.15, -0.1) is 6.58 Å². The number of likely N-dealkylation sites (tertiary alicyclic amines) is 1. The molecule has 1 aromatic carbocycles. The van der Waals surface area contributed by atoms with Crippen LogP contribution in [0.4, 0.5) is 5.69 Å². The van der Waals surface area contributed by atoms with Crippen molar-refractivity contribution in [2.45, 2.75) is 13.0 Å². The molecule has 0 amide bonds. The van der Waals surface area contributed by atoms with E-state index in [1.807, 2.05) is 6.08 Å². The van der Waals surface area contributed by atoms with E-state index in [-0.39, 0.29) is 6.04 Å². The molecule has 1 aromatic rings. The first-order chi connectivity index (χ1) is 9.71. The van der Waals surface area contributed by atoms with Crippen molar-refractivity contribution in [1.82, 2.24) is 4.90 Å². The Morgan fingerprint density at radius 1 is 1.25 bits per heavy atom. The van der Waals surface area contributed by atoms with Crippen molar-refractivity contribution in [2.24, 2.45) is 11.8 Å². The highest BCUT2D eigenvalue weighted by molar-refractivity contribution is 5.63. The van der Waals surface area contributed by atoms with E-state index in [1.165, 1.54) is 17.5 Å². The minimum Gasteiger partial charge on any atom is -0.371 e. The van der Waals surface area contributed by atoms with Gasteiger partial charge in [-0.25, -0.2) is 0 Å². The summed E-state index contributed by atoms with van der Waals surface area (Å²) in [6.07, 6.45) is 3.39. The van der Waals surface area contributed by atoms with Crippen LogP contribution in [0.2, 0.25) is 0 Å². The van der Waals surface area contributed by atoms with Gasteiger partial charge in [-0.2, -0.15) is 0 Å². The third-order valence-electron chi connectivity index (χ3n) is 4.72. The number of nitrogens with one attached hydrogen (secondary N) is 1. The van der Waals surface area contributed by atoms with Gasteiger partial charge in [-0.3, -0.25) is 4.90 Å². The molecule has 20 heavy (non-hydrogen) atoms. The lowest BCUT2D eigenvalue weighted by molar-refractivity contribution is 0.317. The van der Waals surface area contributed by atoms with E-state index in [2.05, 4.69) is 47.6 Å². The molecule has 2 aliphatic rings. The summed E-state index contributed by atoms with van der Waals surface area (Å²) in [7, 11) is 0. The van der Waals surface area contributed by atoms with E-state index in [0.717, 1.165) is 38.0 Å². The molecule has 3 rings (SSSR count). The number of nitrogens with zero attached hydrogens (tertiary/aromatic N) is 2. The van der Waals surface area contributed by atoms with Gasteiger partial charge < -0.3 is 10.3 Å². The van der Waals surface area contributed by atoms with Crippen LogP contribution in [0.1, 0.15) is 5.56 Å². The van der Waals surface area contributed by atoms with Gasteiger partial charge in [-0.1, -0.05) is 18.2 Å². The largest absolute Gasteiger partial charge is 0.371 e. The Hall–Kier alpha value is -1.61. The fourth-order valence-electron chi connectivity index (χ4n) is 3.63. The third kappa shape index (κ3) is 2.38. The molecule has 0 aromatic heterocycles. The van der Waals surface area contributed by atoms with Crippen LogP contribution in [0.5, 0.6) is 0 Å². The molecule has 0 spiro atoms. The van der Waals surface area contributed by atoms with Gasteiger partial charge in [0.25, 0.3) is 0 Å². The van der Waals surface area contributed by atoms with E-state index in [4.69, 9.17) is 5.41 Å². The minimum atomic E-state index is 0.119. The van der Waals surface area contributed by atoms with Crippen LogP contribution in [0.3, 0.4) is 0 Å². The summed E-state index contributed by atoms with van der Waals surface area (Å²) in [5.41, 5.74) is 2.69. The van der Waals surface area contributed by atoms with Crippen molar-refractivity contribution in [3.05, 3.63) is 42.5 Å². The van der Waals surface area contributed by atoms with Crippen molar-refractivity contribution in [3.63, 3.8) is 0 Å². The Kier molecular flexibility index (Phi) is 3.62. The van der Waals surface area contributed by atoms with Crippen LogP contribution in [0.25, 0.3) is 0 Å². The Morgan fingerprint density at radius 3 is 2.50 bits per heavy atom. The molecule has 3 nitrogen and oxygen atoms in total. The lowest BCUT2D eigenvalue weighted by atomic mass is 10.0. The molecule has 3 atom stereocenters. The van der Waals surface area contributed by atoms with Crippen LogP contribution in [-0.2, 0) is 0 Å².